The van der Waals surface area contributed by atoms with E-state index in [0.29, 0.717) is 6.61 Å². The molecule has 1 aliphatic heterocycles. The molecule has 0 aromatic heterocycles. The van der Waals surface area contributed by atoms with E-state index in [4.69, 9.17) is 26.2 Å². The van der Waals surface area contributed by atoms with Crippen LogP contribution < -0.4 is 9.47 Å². The van der Waals surface area contributed by atoms with Crippen LogP contribution in [0.25, 0.3) is 0 Å². The molecule has 0 saturated carbocycles. The highest BCUT2D eigenvalue weighted by atomic mass is 35.5. The largest absolute Gasteiger partial charge is 0.492 e. The van der Waals surface area contributed by atoms with Gasteiger partial charge >= 0.3 is 5.97 Å². The van der Waals surface area contributed by atoms with E-state index in [1.165, 1.54) is 5.56 Å². The van der Waals surface area contributed by atoms with E-state index in [9.17, 15) is 4.79 Å². The van der Waals surface area contributed by atoms with Gasteiger partial charge in [-0.05, 0) is 36.1 Å². The lowest BCUT2D eigenvalue weighted by Crippen LogP contribution is -2.07. The summed E-state index contributed by atoms with van der Waals surface area (Å²) in [4.78, 5) is 10.9. The van der Waals surface area contributed by atoms with Gasteiger partial charge in [-0.25, -0.2) is 0 Å². The number of fused-ring (bicyclic) bond motifs is 2. The zero-order valence-corrected chi connectivity index (χ0v) is 13.8. The van der Waals surface area contributed by atoms with Crippen LogP contribution in [0.1, 0.15) is 41.6 Å². The van der Waals surface area contributed by atoms with Gasteiger partial charge in [0.15, 0.2) is 0 Å². The molecule has 2 atom stereocenters. The minimum Gasteiger partial charge on any atom is -0.492 e. The summed E-state index contributed by atoms with van der Waals surface area (Å²) in [6.07, 6.45) is 1.90. The number of ether oxygens (including phenoxy) is 2. The first-order valence-electron chi connectivity index (χ1n) is 8.04. The van der Waals surface area contributed by atoms with Crippen LogP contribution in [-0.4, -0.2) is 17.7 Å². The summed E-state index contributed by atoms with van der Waals surface area (Å²) < 4.78 is 11.8. The molecule has 2 aromatic carbocycles. The van der Waals surface area contributed by atoms with Gasteiger partial charge in [-0.1, -0.05) is 29.8 Å². The van der Waals surface area contributed by atoms with Gasteiger partial charge in [0, 0.05) is 22.6 Å². The highest BCUT2D eigenvalue weighted by Gasteiger charge is 2.29. The summed E-state index contributed by atoms with van der Waals surface area (Å²) in [7, 11) is 0. The Morgan fingerprint density at radius 2 is 2.17 bits per heavy atom. The number of aliphatic carboxylic acids is 1. The monoisotopic (exact) mass is 344 g/mol. The van der Waals surface area contributed by atoms with E-state index in [-0.39, 0.29) is 18.4 Å². The van der Waals surface area contributed by atoms with Gasteiger partial charge in [0.05, 0.1) is 13.0 Å². The lowest BCUT2D eigenvalue weighted by molar-refractivity contribution is -0.137. The molecule has 24 heavy (non-hydrogen) atoms. The molecule has 2 aliphatic rings. The third-order valence-corrected chi connectivity index (χ3v) is 5.08. The Bertz CT molecular complexity index is 802. The minimum atomic E-state index is -0.809. The molecule has 0 bridgehead atoms. The van der Waals surface area contributed by atoms with E-state index < -0.39 is 5.97 Å². The van der Waals surface area contributed by atoms with Crippen LogP contribution >= 0.6 is 11.6 Å². The molecule has 124 valence electrons. The molecule has 1 heterocycles. The molecule has 4 nitrogen and oxygen atoms in total. The van der Waals surface area contributed by atoms with Gasteiger partial charge in [-0.15, -0.1) is 0 Å². The molecule has 2 aromatic rings. The van der Waals surface area contributed by atoms with Crippen molar-refractivity contribution in [2.45, 2.75) is 31.3 Å². The van der Waals surface area contributed by atoms with Crippen molar-refractivity contribution in [3.05, 3.63) is 58.1 Å². The second kappa shape index (κ2) is 6.02. The molecule has 2 unspecified atom stereocenters. The minimum absolute atomic E-state index is 0.00651. The van der Waals surface area contributed by atoms with Crippen molar-refractivity contribution in [2.24, 2.45) is 0 Å². The zero-order chi connectivity index (χ0) is 16.7. The van der Waals surface area contributed by atoms with Crippen LogP contribution in [0.2, 0.25) is 5.02 Å². The molecule has 0 spiro atoms. The molecule has 4 rings (SSSR count). The lowest BCUT2D eigenvalue weighted by atomic mass is 9.98. The smallest absolute Gasteiger partial charge is 0.304 e. The van der Waals surface area contributed by atoms with Crippen molar-refractivity contribution in [1.82, 2.24) is 0 Å². The number of rotatable bonds is 4. The van der Waals surface area contributed by atoms with Crippen molar-refractivity contribution in [3.63, 3.8) is 0 Å². The first kappa shape index (κ1) is 15.3. The van der Waals surface area contributed by atoms with Gasteiger partial charge < -0.3 is 14.6 Å². The van der Waals surface area contributed by atoms with Gasteiger partial charge in [0.1, 0.15) is 17.6 Å². The summed E-state index contributed by atoms with van der Waals surface area (Å²) in [5, 5.41) is 9.77. The first-order valence-corrected chi connectivity index (χ1v) is 8.42. The zero-order valence-electron chi connectivity index (χ0n) is 13.0. The Hall–Kier alpha value is -2.20. The number of carbonyl (C=O) groups is 1. The van der Waals surface area contributed by atoms with Crippen molar-refractivity contribution in [3.8, 4) is 11.5 Å². The first-order chi connectivity index (χ1) is 11.6. The highest BCUT2D eigenvalue weighted by Crippen LogP contribution is 2.42. The molecule has 1 aliphatic carbocycles. The van der Waals surface area contributed by atoms with Crippen LogP contribution in [0.3, 0.4) is 0 Å². The topological polar surface area (TPSA) is 55.8 Å². The van der Waals surface area contributed by atoms with Gasteiger partial charge in [-0.2, -0.15) is 0 Å². The number of carboxylic acids is 1. The molecular weight excluding hydrogens is 328 g/mol. The standard InChI is InChI=1S/C19H17ClO4/c20-16-3-1-2-15-14(16)6-7-17(15)24-12-4-5-13-11(8-19(21)22)10-23-18(13)9-12/h1-5,9,11,17H,6-8,10H2,(H,21,22). The SMILES string of the molecule is O=C(O)CC1COc2cc(OC3CCc4c(Cl)cccc43)ccc21. The predicted molar refractivity (Wildman–Crippen MR) is 90.1 cm³/mol. The summed E-state index contributed by atoms with van der Waals surface area (Å²) in [5.74, 6) is 0.569. The van der Waals surface area contributed by atoms with Crippen molar-refractivity contribution < 1.29 is 19.4 Å². The number of carboxylic acid groups (broad SMARTS) is 1. The number of halogens is 1. The Morgan fingerprint density at radius 3 is 3.00 bits per heavy atom. The maximum atomic E-state index is 10.9. The Morgan fingerprint density at radius 1 is 1.29 bits per heavy atom. The fourth-order valence-corrected chi connectivity index (χ4v) is 3.84. The van der Waals surface area contributed by atoms with Crippen molar-refractivity contribution >= 4 is 17.6 Å². The molecule has 0 radical (unpaired) electrons. The Balaban J connectivity index is 1.54. The van der Waals surface area contributed by atoms with Gasteiger partial charge in [0.25, 0.3) is 0 Å². The Kier molecular flexibility index (Phi) is 3.85. The van der Waals surface area contributed by atoms with E-state index in [0.717, 1.165) is 40.5 Å². The fraction of sp³-hybridized carbons (Fsp3) is 0.316. The van der Waals surface area contributed by atoms with Crippen LogP contribution in [0.5, 0.6) is 11.5 Å². The molecular formula is C19H17ClO4. The average molecular weight is 345 g/mol. The number of hydrogen-bond donors (Lipinski definition) is 1. The van der Waals surface area contributed by atoms with Crippen LogP contribution in [0.4, 0.5) is 0 Å². The highest BCUT2D eigenvalue weighted by molar-refractivity contribution is 6.31. The molecule has 0 saturated heterocycles. The maximum absolute atomic E-state index is 10.9. The third kappa shape index (κ3) is 2.71. The molecule has 1 N–H and O–H groups in total. The molecule has 5 heteroatoms. The van der Waals surface area contributed by atoms with Gasteiger partial charge in [0.2, 0.25) is 0 Å². The fourth-order valence-electron chi connectivity index (χ4n) is 3.57. The summed E-state index contributed by atoms with van der Waals surface area (Å²) in [5.41, 5.74) is 3.26. The third-order valence-electron chi connectivity index (χ3n) is 4.72. The van der Waals surface area contributed by atoms with Crippen LogP contribution in [0, 0.1) is 0 Å². The average Bonchev–Trinajstić information content (AvgIpc) is 3.13. The van der Waals surface area contributed by atoms with E-state index in [1.54, 1.807) is 0 Å². The van der Waals surface area contributed by atoms with Gasteiger partial charge in [-0.3, -0.25) is 4.79 Å². The molecule has 0 amide bonds. The van der Waals surface area contributed by atoms with Crippen molar-refractivity contribution in [2.75, 3.05) is 6.61 Å². The number of benzene rings is 2. The Labute approximate surface area is 145 Å². The van der Waals surface area contributed by atoms with Crippen molar-refractivity contribution in [1.29, 1.82) is 0 Å². The predicted octanol–water partition coefficient (Wildman–Crippen LogP) is 4.36. The quantitative estimate of drug-likeness (QED) is 0.895. The maximum Gasteiger partial charge on any atom is 0.304 e. The van der Waals surface area contributed by atoms with E-state index in [1.807, 2.05) is 30.3 Å². The second-order valence-corrected chi connectivity index (χ2v) is 6.67. The normalized spacial score (nSPS) is 21.0. The second-order valence-electron chi connectivity index (χ2n) is 6.26. The summed E-state index contributed by atoms with van der Waals surface area (Å²) in [6.45, 7) is 0.410. The van der Waals surface area contributed by atoms with E-state index >= 15 is 0 Å². The molecule has 0 fully saturated rings. The lowest BCUT2D eigenvalue weighted by Gasteiger charge is -2.16. The van der Waals surface area contributed by atoms with Crippen LogP contribution in [0.15, 0.2) is 36.4 Å². The number of hydrogen-bond acceptors (Lipinski definition) is 3. The summed E-state index contributed by atoms with van der Waals surface area (Å²) >= 11 is 6.25. The van der Waals surface area contributed by atoms with Crippen LogP contribution in [-0.2, 0) is 11.2 Å². The van der Waals surface area contributed by atoms with E-state index in [2.05, 4.69) is 6.07 Å². The summed E-state index contributed by atoms with van der Waals surface area (Å²) in [6, 6.07) is 11.6.